The van der Waals surface area contributed by atoms with Gasteiger partial charge in [-0.3, -0.25) is 4.79 Å². The first-order chi connectivity index (χ1) is 8.63. The van der Waals surface area contributed by atoms with Crippen LogP contribution in [0.25, 0.3) is 0 Å². The van der Waals surface area contributed by atoms with Crippen molar-refractivity contribution in [2.45, 2.75) is 12.4 Å². The quantitative estimate of drug-likeness (QED) is 0.786. The van der Waals surface area contributed by atoms with Gasteiger partial charge in [0.25, 0.3) is 5.56 Å². The molecule has 0 amide bonds. The van der Waals surface area contributed by atoms with Crippen LogP contribution in [0.4, 0.5) is 8.78 Å². The zero-order valence-electron chi connectivity index (χ0n) is 9.37. The zero-order chi connectivity index (χ0) is 13.1. The molecule has 1 heterocycles. The van der Waals surface area contributed by atoms with E-state index < -0.39 is 11.6 Å². The summed E-state index contributed by atoms with van der Waals surface area (Å²) in [6.45, 7) is -0.00894. The van der Waals surface area contributed by atoms with Crippen molar-refractivity contribution in [3.05, 3.63) is 69.6 Å². The van der Waals surface area contributed by atoms with Crippen molar-refractivity contribution in [3.8, 4) is 0 Å². The number of nitrogens with zero attached hydrogens (tertiary/aromatic N) is 1. The molecule has 0 spiro atoms. The molecule has 0 saturated heterocycles. The van der Waals surface area contributed by atoms with Crippen LogP contribution in [-0.2, 0) is 12.4 Å². The molecule has 0 radical (unpaired) electrons. The minimum atomic E-state index is -0.955. The molecule has 0 unspecified atom stereocenters. The molecule has 0 bridgehead atoms. The van der Waals surface area contributed by atoms with E-state index in [4.69, 9.17) is 11.6 Å². The molecule has 18 heavy (non-hydrogen) atoms. The van der Waals surface area contributed by atoms with Crippen molar-refractivity contribution in [2.24, 2.45) is 0 Å². The Morgan fingerprint density at radius 1 is 1.06 bits per heavy atom. The molecule has 0 aliphatic heterocycles. The van der Waals surface area contributed by atoms with Crippen molar-refractivity contribution in [1.82, 2.24) is 4.57 Å². The van der Waals surface area contributed by atoms with E-state index in [0.717, 1.165) is 0 Å². The number of alkyl halides is 1. The number of hydrogen-bond acceptors (Lipinski definition) is 1. The number of aromatic nitrogens is 1. The first-order valence-electron chi connectivity index (χ1n) is 5.30. The van der Waals surface area contributed by atoms with E-state index in [1.54, 1.807) is 12.1 Å². The van der Waals surface area contributed by atoms with Gasteiger partial charge in [0, 0.05) is 23.4 Å². The third-order valence-corrected chi connectivity index (χ3v) is 2.91. The van der Waals surface area contributed by atoms with E-state index in [9.17, 15) is 13.6 Å². The fraction of sp³-hybridized carbons (Fsp3) is 0.154. The van der Waals surface area contributed by atoms with Crippen LogP contribution >= 0.6 is 11.6 Å². The Bertz CT molecular complexity index is 625. The molecule has 0 atom stereocenters. The highest BCUT2D eigenvalue weighted by molar-refractivity contribution is 6.17. The SMILES string of the molecule is O=c1ccccn1Cc1ccc(CCl)c(F)c1F. The smallest absolute Gasteiger partial charge is 0.250 e. The molecule has 0 fully saturated rings. The molecule has 0 saturated carbocycles. The molecular formula is C13H10ClF2NO. The lowest BCUT2D eigenvalue weighted by Crippen LogP contribution is -2.19. The maximum atomic E-state index is 13.7. The molecule has 2 rings (SSSR count). The van der Waals surface area contributed by atoms with E-state index in [1.807, 2.05) is 0 Å². The molecule has 0 N–H and O–H groups in total. The number of halogens is 3. The minimum Gasteiger partial charge on any atom is -0.311 e. The molecule has 0 aliphatic carbocycles. The van der Waals surface area contributed by atoms with Gasteiger partial charge in [-0.25, -0.2) is 8.78 Å². The second-order valence-electron chi connectivity index (χ2n) is 3.81. The van der Waals surface area contributed by atoms with E-state index in [0.29, 0.717) is 0 Å². The van der Waals surface area contributed by atoms with Gasteiger partial charge in [-0.15, -0.1) is 11.6 Å². The number of hydrogen-bond donors (Lipinski definition) is 0. The van der Waals surface area contributed by atoms with Crippen LogP contribution in [-0.4, -0.2) is 4.57 Å². The fourth-order valence-corrected chi connectivity index (χ4v) is 1.84. The fourth-order valence-electron chi connectivity index (χ4n) is 1.63. The van der Waals surface area contributed by atoms with Crippen LogP contribution in [0, 0.1) is 11.6 Å². The zero-order valence-corrected chi connectivity index (χ0v) is 10.1. The lowest BCUT2D eigenvalue weighted by molar-refractivity contribution is 0.488. The Hall–Kier alpha value is -1.68. The molecule has 0 aliphatic rings. The highest BCUT2D eigenvalue weighted by Gasteiger charge is 2.13. The highest BCUT2D eigenvalue weighted by atomic mass is 35.5. The Labute approximate surface area is 107 Å². The maximum absolute atomic E-state index is 13.7. The monoisotopic (exact) mass is 269 g/mol. The summed E-state index contributed by atoms with van der Waals surface area (Å²) in [5.41, 5.74) is -0.0354. The lowest BCUT2D eigenvalue weighted by atomic mass is 10.1. The number of pyridine rings is 1. The van der Waals surface area contributed by atoms with Crippen LogP contribution in [0.2, 0.25) is 0 Å². The average molecular weight is 270 g/mol. The molecule has 2 nitrogen and oxygen atoms in total. The lowest BCUT2D eigenvalue weighted by Gasteiger charge is -2.08. The topological polar surface area (TPSA) is 22.0 Å². The van der Waals surface area contributed by atoms with Gasteiger partial charge in [0.05, 0.1) is 12.4 Å². The van der Waals surface area contributed by atoms with E-state index >= 15 is 0 Å². The molecule has 1 aromatic carbocycles. The molecule has 1 aromatic heterocycles. The van der Waals surface area contributed by atoms with Gasteiger partial charge < -0.3 is 4.57 Å². The summed E-state index contributed by atoms with van der Waals surface area (Å²) in [7, 11) is 0. The Morgan fingerprint density at radius 2 is 1.72 bits per heavy atom. The Morgan fingerprint density at radius 3 is 2.39 bits per heavy atom. The van der Waals surface area contributed by atoms with E-state index in [2.05, 4.69) is 0 Å². The third kappa shape index (κ3) is 2.43. The van der Waals surface area contributed by atoms with Crippen molar-refractivity contribution in [2.75, 3.05) is 0 Å². The van der Waals surface area contributed by atoms with Gasteiger partial charge in [-0.05, 0) is 6.07 Å². The van der Waals surface area contributed by atoms with Crippen molar-refractivity contribution < 1.29 is 8.78 Å². The van der Waals surface area contributed by atoms with Gasteiger partial charge in [-0.2, -0.15) is 0 Å². The highest BCUT2D eigenvalue weighted by Crippen LogP contribution is 2.18. The van der Waals surface area contributed by atoms with Crippen molar-refractivity contribution in [3.63, 3.8) is 0 Å². The summed E-state index contributed by atoms with van der Waals surface area (Å²) < 4.78 is 28.5. The van der Waals surface area contributed by atoms with Gasteiger partial charge in [0.15, 0.2) is 11.6 Å². The van der Waals surface area contributed by atoms with Crippen LogP contribution in [0.15, 0.2) is 41.3 Å². The molecule has 2 aromatic rings. The van der Waals surface area contributed by atoms with Crippen molar-refractivity contribution in [1.29, 1.82) is 0 Å². The summed E-state index contributed by atoms with van der Waals surface area (Å²) in [6.07, 6.45) is 1.52. The van der Waals surface area contributed by atoms with Crippen LogP contribution in [0.3, 0.4) is 0 Å². The van der Waals surface area contributed by atoms with Crippen molar-refractivity contribution >= 4 is 11.6 Å². The molecular weight excluding hydrogens is 260 g/mol. The summed E-state index contributed by atoms with van der Waals surface area (Å²) in [4.78, 5) is 11.5. The summed E-state index contributed by atoms with van der Waals surface area (Å²) in [5.74, 6) is -2.00. The maximum Gasteiger partial charge on any atom is 0.250 e. The van der Waals surface area contributed by atoms with Gasteiger partial charge in [0.1, 0.15) is 0 Å². The second-order valence-corrected chi connectivity index (χ2v) is 4.08. The average Bonchev–Trinajstić information content (AvgIpc) is 2.38. The van der Waals surface area contributed by atoms with Crippen LogP contribution in [0.1, 0.15) is 11.1 Å². The number of rotatable bonds is 3. The predicted octanol–water partition coefficient (Wildman–Crippen LogP) is 2.91. The summed E-state index contributed by atoms with van der Waals surface area (Å²) in [6, 6.07) is 7.47. The minimum absolute atomic E-state index is 0.00894. The molecule has 94 valence electrons. The van der Waals surface area contributed by atoms with Crippen LogP contribution < -0.4 is 5.56 Å². The first kappa shape index (κ1) is 12.8. The Balaban J connectivity index is 2.39. The van der Waals surface area contributed by atoms with Crippen LogP contribution in [0.5, 0.6) is 0 Å². The summed E-state index contributed by atoms with van der Waals surface area (Å²) >= 11 is 5.48. The second kappa shape index (κ2) is 5.31. The van der Waals surface area contributed by atoms with Gasteiger partial charge in [-0.1, -0.05) is 18.2 Å². The molecule has 5 heteroatoms. The number of benzene rings is 1. The standard InChI is InChI=1S/C13H10ClF2NO/c14-7-9-4-5-10(13(16)12(9)15)8-17-6-2-1-3-11(17)18/h1-6H,7-8H2. The Kier molecular flexibility index (Phi) is 3.77. The third-order valence-electron chi connectivity index (χ3n) is 2.63. The van der Waals surface area contributed by atoms with E-state index in [-0.39, 0.29) is 29.1 Å². The normalized spacial score (nSPS) is 10.6. The first-order valence-corrected chi connectivity index (χ1v) is 5.84. The predicted molar refractivity (Wildman–Crippen MR) is 65.7 cm³/mol. The van der Waals surface area contributed by atoms with E-state index in [1.165, 1.54) is 29.0 Å². The van der Waals surface area contributed by atoms with Gasteiger partial charge >= 0.3 is 0 Å². The summed E-state index contributed by atoms with van der Waals surface area (Å²) in [5, 5.41) is 0. The largest absolute Gasteiger partial charge is 0.311 e. The van der Waals surface area contributed by atoms with Gasteiger partial charge in [0.2, 0.25) is 0 Å².